The monoisotopic (exact) mass is 433 g/mol. The maximum absolute atomic E-state index is 13.1. The molecule has 7 heteroatoms. The summed E-state index contributed by atoms with van der Waals surface area (Å²) in [6, 6.07) is 5.64. The number of sulfonamides is 1. The van der Waals surface area contributed by atoms with Gasteiger partial charge in [0.2, 0.25) is 15.9 Å². The molecule has 1 saturated carbocycles. The van der Waals surface area contributed by atoms with E-state index in [2.05, 4.69) is 17.1 Å². The number of piperazine rings is 1. The lowest BCUT2D eigenvalue weighted by molar-refractivity contribution is -0.127. The Labute approximate surface area is 181 Å². The minimum atomic E-state index is -3.48. The summed E-state index contributed by atoms with van der Waals surface area (Å²) in [6.45, 7) is 6.18. The second kappa shape index (κ2) is 8.97. The minimum absolute atomic E-state index is 0.0729. The number of carbonyl (C=O) groups is 1. The SMILES string of the molecule is C[C@H](C(=O)N[C@@H]1CCCC[C@@H]1C)N1CCN(S(=O)(=O)c2ccc3c(c2)CCC3)CC1. The summed E-state index contributed by atoms with van der Waals surface area (Å²) in [5, 5.41) is 3.24. The van der Waals surface area contributed by atoms with Gasteiger partial charge in [0.05, 0.1) is 10.9 Å². The molecular formula is C23H35N3O3S. The number of fused-ring (bicyclic) bond motifs is 1. The molecule has 0 aromatic heterocycles. The van der Waals surface area contributed by atoms with Crippen molar-refractivity contribution in [1.82, 2.24) is 14.5 Å². The fourth-order valence-corrected chi connectivity index (χ4v) is 6.66. The highest BCUT2D eigenvalue weighted by Gasteiger charge is 2.33. The average Bonchev–Trinajstić information content (AvgIpc) is 3.23. The standard InChI is InChI=1S/C23H35N3O3S/c1-17-6-3-4-9-22(17)24-23(27)18(2)25-12-14-26(15-13-25)30(28,29)21-11-10-19-7-5-8-20(19)16-21/h10-11,16-18,22H,3-9,12-15H2,1-2H3,(H,24,27)/t17-,18+,22+/m0/s1. The number of rotatable bonds is 5. The summed E-state index contributed by atoms with van der Waals surface area (Å²) in [5.41, 5.74) is 2.46. The van der Waals surface area contributed by atoms with Gasteiger partial charge in [0.15, 0.2) is 0 Å². The van der Waals surface area contributed by atoms with Crippen molar-refractivity contribution in [3.63, 3.8) is 0 Å². The van der Waals surface area contributed by atoms with Crippen LogP contribution in [-0.4, -0.2) is 61.8 Å². The van der Waals surface area contributed by atoms with E-state index >= 15 is 0 Å². The zero-order chi connectivity index (χ0) is 21.3. The van der Waals surface area contributed by atoms with Gasteiger partial charge in [-0.1, -0.05) is 25.8 Å². The molecule has 1 aromatic carbocycles. The molecule has 1 saturated heterocycles. The highest BCUT2D eigenvalue weighted by molar-refractivity contribution is 7.89. The molecule has 1 aliphatic heterocycles. The van der Waals surface area contributed by atoms with E-state index in [1.165, 1.54) is 30.4 Å². The molecule has 30 heavy (non-hydrogen) atoms. The highest BCUT2D eigenvalue weighted by Crippen LogP contribution is 2.27. The quantitative estimate of drug-likeness (QED) is 0.775. The van der Waals surface area contributed by atoms with Gasteiger partial charge >= 0.3 is 0 Å². The van der Waals surface area contributed by atoms with E-state index in [4.69, 9.17) is 0 Å². The maximum atomic E-state index is 13.1. The predicted octanol–water partition coefficient (Wildman–Crippen LogP) is 2.57. The first kappa shape index (κ1) is 21.8. The van der Waals surface area contributed by atoms with Gasteiger partial charge in [-0.2, -0.15) is 4.31 Å². The molecular weight excluding hydrogens is 398 g/mol. The maximum Gasteiger partial charge on any atom is 0.243 e. The molecule has 3 atom stereocenters. The lowest BCUT2D eigenvalue weighted by atomic mass is 9.86. The van der Waals surface area contributed by atoms with Crippen molar-refractivity contribution in [2.24, 2.45) is 5.92 Å². The number of aryl methyl sites for hydroxylation is 2. The zero-order valence-corrected chi connectivity index (χ0v) is 19.1. The Morgan fingerprint density at radius 1 is 1.03 bits per heavy atom. The van der Waals surface area contributed by atoms with E-state index in [-0.39, 0.29) is 18.0 Å². The number of hydrogen-bond donors (Lipinski definition) is 1. The molecule has 2 fully saturated rings. The van der Waals surface area contributed by atoms with Crippen molar-refractivity contribution in [1.29, 1.82) is 0 Å². The fourth-order valence-electron chi connectivity index (χ4n) is 5.19. The summed E-state index contributed by atoms with van der Waals surface area (Å²) in [6.07, 6.45) is 7.81. The lowest BCUT2D eigenvalue weighted by Gasteiger charge is -2.38. The van der Waals surface area contributed by atoms with Crippen LogP contribution < -0.4 is 5.32 Å². The summed E-state index contributed by atoms with van der Waals surface area (Å²) in [5.74, 6) is 0.605. The number of amides is 1. The van der Waals surface area contributed by atoms with Crippen molar-refractivity contribution >= 4 is 15.9 Å². The number of benzene rings is 1. The largest absolute Gasteiger partial charge is 0.352 e. The first-order valence-electron chi connectivity index (χ1n) is 11.5. The Balaban J connectivity index is 1.34. The molecule has 166 valence electrons. The zero-order valence-electron chi connectivity index (χ0n) is 18.3. The van der Waals surface area contributed by atoms with Gasteiger partial charge in [-0.25, -0.2) is 8.42 Å². The van der Waals surface area contributed by atoms with Gasteiger partial charge in [0.25, 0.3) is 0 Å². The Morgan fingerprint density at radius 3 is 2.47 bits per heavy atom. The summed E-state index contributed by atoms with van der Waals surface area (Å²) < 4.78 is 27.8. The van der Waals surface area contributed by atoms with Crippen molar-refractivity contribution in [3.05, 3.63) is 29.3 Å². The Morgan fingerprint density at radius 2 is 1.73 bits per heavy atom. The van der Waals surface area contributed by atoms with Crippen LogP contribution in [0.3, 0.4) is 0 Å². The van der Waals surface area contributed by atoms with Crippen LogP contribution in [0.4, 0.5) is 0 Å². The van der Waals surface area contributed by atoms with Crippen LogP contribution in [-0.2, 0) is 27.7 Å². The molecule has 0 unspecified atom stereocenters. The summed E-state index contributed by atoms with van der Waals surface area (Å²) in [4.78, 5) is 15.3. The topological polar surface area (TPSA) is 69.7 Å². The molecule has 6 nitrogen and oxygen atoms in total. The van der Waals surface area contributed by atoms with Gasteiger partial charge in [0.1, 0.15) is 0 Å². The van der Waals surface area contributed by atoms with Crippen LogP contribution in [0, 0.1) is 5.92 Å². The summed E-state index contributed by atoms with van der Waals surface area (Å²) in [7, 11) is -3.48. The van der Waals surface area contributed by atoms with Gasteiger partial charge in [0, 0.05) is 32.2 Å². The van der Waals surface area contributed by atoms with Crippen molar-refractivity contribution in [3.8, 4) is 0 Å². The first-order valence-corrected chi connectivity index (χ1v) is 13.0. The van der Waals surface area contributed by atoms with E-state index in [0.29, 0.717) is 37.0 Å². The fraction of sp³-hybridized carbons (Fsp3) is 0.696. The summed E-state index contributed by atoms with van der Waals surface area (Å²) >= 11 is 0. The van der Waals surface area contributed by atoms with E-state index in [1.807, 2.05) is 19.1 Å². The van der Waals surface area contributed by atoms with E-state index < -0.39 is 10.0 Å². The molecule has 0 radical (unpaired) electrons. The minimum Gasteiger partial charge on any atom is -0.352 e. The second-order valence-electron chi connectivity index (χ2n) is 9.28. The number of hydrogen-bond acceptors (Lipinski definition) is 4. The third kappa shape index (κ3) is 4.43. The van der Waals surface area contributed by atoms with Gasteiger partial charge in [-0.05, 0) is 68.2 Å². The van der Waals surface area contributed by atoms with Crippen LogP contribution in [0.2, 0.25) is 0 Å². The van der Waals surface area contributed by atoms with Crippen molar-refractivity contribution in [2.45, 2.75) is 75.8 Å². The van der Waals surface area contributed by atoms with E-state index in [1.54, 1.807) is 10.4 Å². The lowest BCUT2D eigenvalue weighted by Crippen LogP contribution is -2.56. The van der Waals surface area contributed by atoms with Crippen LogP contribution in [0.5, 0.6) is 0 Å². The molecule has 1 heterocycles. The Kier molecular flexibility index (Phi) is 6.51. The third-order valence-electron chi connectivity index (χ3n) is 7.35. The second-order valence-corrected chi connectivity index (χ2v) is 11.2. The molecule has 0 spiro atoms. The van der Waals surface area contributed by atoms with Crippen molar-refractivity contribution < 1.29 is 13.2 Å². The Bertz CT molecular complexity index is 878. The van der Waals surface area contributed by atoms with Crippen LogP contribution >= 0.6 is 0 Å². The third-order valence-corrected chi connectivity index (χ3v) is 9.24. The molecule has 0 bridgehead atoms. The molecule has 2 aliphatic carbocycles. The van der Waals surface area contributed by atoms with E-state index in [0.717, 1.165) is 25.7 Å². The molecule has 1 aromatic rings. The highest BCUT2D eigenvalue weighted by atomic mass is 32.2. The van der Waals surface area contributed by atoms with Gasteiger partial charge < -0.3 is 5.32 Å². The molecule has 1 N–H and O–H groups in total. The number of nitrogens with zero attached hydrogens (tertiary/aromatic N) is 2. The number of carbonyl (C=O) groups excluding carboxylic acids is 1. The molecule has 3 aliphatic rings. The van der Waals surface area contributed by atoms with E-state index in [9.17, 15) is 13.2 Å². The predicted molar refractivity (Wildman–Crippen MR) is 118 cm³/mol. The van der Waals surface area contributed by atoms with Crippen molar-refractivity contribution in [2.75, 3.05) is 26.2 Å². The number of nitrogens with one attached hydrogen (secondary N) is 1. The van der Waals surface area contributed by atoms with Crippen LogP contribution in [0.15, 0.2) is 23.1 Å². The molecule has 4 rings (SSSR count). The van der Waals surface area contributed by atoms with Gasteiger partial charge in [-0.3, -0.25) is 9.69 Å². The Hall–Kier alpha value is -1.44. The average molecular weight is 434 g/mol. The first-order chi connectivity index (χ1) is 14.4. The molecule has 1 amide bonds. The smallest absolute Gasteiger partial charge is 0.243 e. The van der Waals surface area contributed by atoms with Gasteiger partial charge in [-0.15, -0.1) is 0 Å². The van der Waals surface area contributed by atoms with Crippen LogP contribution in [0.1, 0.15) is 57.1 Å². The van der Waals surface area contributed by atoms with Crippen LogP contribution in [0.25, 0.3) is 0 Å². The normalized spacial score (nSPS) is 26.9.